The minimum absolute atomic E-state index is 0.395. The van der Waals surface area contributed by atoms with E-state index in [-0.39, 0.29) is 0 Å². The maximum absolute atomic E-state index is 6.06. The van der Waals surface area contributed by atoms with Gasteiger partial charge in [-0.15, -0.1) is 0 Å². The van der Waals surface area contributed by atoms with Crippen LogP contribution in [0, 0.1) is 0 Å². The Bertz CT molecular complexity index is 522. The van der Waals surface area contributed by atoms with Crippen molar-refractivity contribution in [3.63, 3.8) is 0 Å². The van der Waals surface area contributed by atoms with Crippen LogP contribution in [-0.2, 0) is 6.54 Å². The Morgan fingerprint density at radius 1 is 1.06 bits per heavy atom. The number of hydrogen-bond donors (Lipinski definition) is 2. The van der Waals surface area contributed by atoms with Gasteiger partial charge in [-0.25, -0.2) is 0 Å². The second kappa shape index (κ2) is 4.63. The van der Waals surface area contributed by atoms with Crippen molar-refractivity contribution in [3.05, 3.63) is 39.0 Å². The van der Waals surface area contributed by atoms with E-state index in [1.54, 1.807) is 12.1 Å². The molecule has 16 heavy (non-hydrogen) atoms. The molecule has 0 aliphatic heterocycles. The van der Waals surface area contributed by atoms with Gasteiger partial charge in [0.1, 0.15) is 0 Å². The number of nitrogens with zero attached hydrogens (tertiary/aromatic N) is 1. The average Bonchev–Trinajstić information content (AvgIpc) is 2.71. The summed E-state index contributed by atoms with van der Waals surface area (Å²) < 4.78 is 0. The fourth-order valence-electron chi connectivity index (χ4n) is 1.32. The van der Waals surface area contributed by atoms with Crippen molar-refractivity contribution in [3.8, 4) is 11.3 Å². The van der Waals surface area contributed by atoms with E-state index >= 15 is 0 Å². The van der Waals surface area contributed by atoms with Crippen molar-refractivity contribution in [1.29, 1.82) is 0 Å². The predicted molar refractivity (Wildman–Crippen MR) is 66.9 cm³/mol. The Labute approximate surface area is 108 Å². The molecule has 84 valence electrons. The fourth-order valence-corrected chi connectivity index (χ4v) is 1.97. The van der Waals surface area contributed by atoms with Crippen LogP contribution in [0.5, 0.6) is 0 Å². The molecule has 0 fully saturated rings. The number of H-pyrrole nitrogens is 1. The zero-order valence-electron chi connectivity index (χ0n) is 8.10. The molecule has 0 radical (unpaired) electrons. The van der Waals surface area contributed by atoms with Crippen molar-refractivity contribution in [2.24, 2.45) is 5.73 Å². The van der Waals surface area contributed by atoms with Crippen molar-refractivity contribution < 1.29 is 0 Å². The molecule has 0 aliphatic carbocycles. The van der Waals surface area contributed by atoms with Crippen molar-refractivity contribution in [2.75, 3.05) is 0 Å². The zero-order valence-corrected chi connectivity index (χ0v) is 10.4. The summed E-state index contributed by atoms with van der Waals surface area (Å²) in [5, 5.41) is 8.27. The van der Waals surface area contributed by atoms with Crippen LogP contribution in [0.4, 0.5) is 0 Å². The third-order valence-electron chi connectivity index (χ3n) is 2.14. The van der Waals surface area contributed by atoms with E-state index in [0.29, 0.717) is 27.3 Å². The minimum atomic E-state index is 0.395. The van der Waals surface area contributed by atoms with Gasteiger partial charge in [-0.3, -0.25) is 5.10 Å². The summed E-state index contributed by atoms with van der Waals surface area (Å²) in [7, 11) is 0. The summed E-state index contributed by atoms with van der Waals surface area (Å²) in [5.74, 6) is 0. The van der Waals surface area contributed by atoms with Crippen LogP contribution in [0.3, 0.4) is 0 Å². The molecule has 0 spiro atoms. The second-order valence-electron chi connectivity index (χ2n) is 3.23. The maximum Gasteiger partial charge on any atom is 0.0939 e. The molecule has 0 bridgehead atoms. The van der Waals surface area contributed by atoms with Gasteiger partial charge in [0.2, 0.25) is 0 Å². The second-order valence-corrected chi connectivity index (χ2v) is 4.45. The first-order valence-electron chi connectivity index (χ1n) is 4.51. The summed E-state index contributed by atoms with van der Waals surface area (Å²) in [4.78, 5) is 0. The summed E-state index contributed by atoms with van der Waals surface area (Å²) in [6.45, 7) is 0.395. The first-order valence-corrected chi connectivity index (χ1v) is 5.64. The molecule has 1 aromatic heterocycles. The number of nitrogens with two attached hydrogens (primary N) is 1. The number of benzene rings is 1. The Morgan fingerprint density at radius 2 is 1.75 bits per heavy atom. The highest BCUT2D eigenvalue weighted by Gasteiger charge is 2.10. The van der Waals surface area contributed by atoms with Crippen molar-refractivity contribution >= 4 is 34.8 Å². The normalized spacial score (nSPS) is 10.8. The van der Waals surface area contributed by atoms with Gasteiger partial charge >= 0.3 is 0 Å². The smallest absolute Gasteiger partial charge is 0.0939 e. The van der Waals surface area contributed by atoms with Crippen molar-refractivity contribution in [1.82, 2.24) is 10.2 Å². The number of nitrogens with one attached hydrogen (secondary N) is 1. The lowest BCUT2D eigenvalue weighted by atomic mass is 10.1. The van der Waals surface area contributed by atoms with Gasteiger partial charge in [0.15, 0.2) is 0 Å². The van der Waals surface area contributed by atoms with E-state index in [9.17, 15) is 0 Å². The van der Waals surface area contributed by atoms with E-state index in [1.807, 2.05) is 6.07 Å². The monoisotopic (exact) mass is 275 g/mol. The van der Waals surface area contributed by atoms with E-state index in [2.05, 4.69) is 10.2 Å². The standard InChI is InChI=1S/C10H8Cl3N3/c11-7-3-9(13)8(12)2-6(7)10-1-5(4-14)15-16-10/h1-3H,4,14H2,(H,15,16). The number of aromatic amines is 1. The Kier molecular flexibility index (Phi) is 3.40. The Morgan fingerprint density at radius 3 is 2.38 bits per heavy atom. The summed E-state index contributed by atoms with van der Waals surface area (Å²) >= 11 is 17.8. The maximum atomic E-state index is 6.06. The first kappa shape index (κ1) is 11.7. The number of hydrogen-bond acceptors (Lipinski definition) is 2. The zero-order chi connectivity index (χ0) is 11.7. The molecule has 0 saturated heterocycles. The molecule has 1 heterocycles. The highest BCUT2D eigenvalue weighted by molar-refractivity contribution is 6.44. The van der Waals surface area contributed by atoms with E-state index in [4.69, 9.17) is 40.5 Å². The van der Waals surface area contributed by atoms with Crippen LogP contribution in [0.2, 0.25) is 15.1 Å². The number of halogens is 3. The molecule has 3 nitrogen and oxygen atoms in total. The molecular weight excluding hydrogens is 268 g/mol. The molecule has 0 aliphatic rings. The van der Waals surface area contributed by atoms with Crippen LogP contribution in [0.25, 0.3) is 11.3 Å². The molecule has 1 aromatic carbocycles. The van der Waals surface area contributed by atoms with Gasteiger partial charge in [0.05, 0.1) is 20.8 Å². The highest BCUT2D eigenvalue weighted by Crippen LogP contribution is 2.34. The van der Waals surface area contributed by atoms with Crippen LogP contribution in [0.1, 0.15) is 5.69 Å². The van der Waals surface area contributed by atoms with E-state index in [1.165, 1.54) is 0 Å². The lowest BCUT2D eigenvalue weighted by Gasteiger charge is -2.02. The van der Waals surface area contributed by atoms with Crippen molar-refractivity contribution in [2.45, 2.75) is 6.54 Å². The molecule has 0 amide bonds. The molecule has 2 aromatic rings. The van der Waals surface area contributed by atoms with Crippen LogP contribution >= 0.6 is 34.8 Å². The third-order valence-corrected chi connectivity index (χ3v) is 3.17. The van der Waals surface area contributed by atoms with Crippen LogP contribution in [-0.4, -0.2) is 10.2 Å². The number of rotatable bonds is 2. The summed E-state index contributed by atoms with van der Waals surface area (Å²) in [6.07, 6.45) is 0. The topological polar surface area (TPSA) is 54.7 Å². The van der Waals surface area contributed by atoms with Gasteiger partial charge in [-0.2, -0.15) is 5.10 Å². The van der Waals surface area contributed by atoms with Gasteiger partial charge in [-0.1, -0.05) is 34.8 Å². The van der Waals surface area contributed by atoms with Crippen LogP contribution in [0.15, 0.2) is 18.2 Å². The summed E-state index contributed by atoms with van der Waals surface area (Å²) in [6, 6.07) is 5.10. The molecule has 3 N–H and O–H groups in total. The van der Waals surface area contributed by atoms with Crippen LogP contribution < -0.4 is 5.73 Å². The largest absolute Gasteiger partial charge is 0.325 e. The van der Waals surface area contributed by atoms with E-state index < -0.39 is 0 Å². The molecule has 0 unspecified atom stereocenters. The lowest BCUT2D eigenvalue weighted by molar-refractivity contribution is 0.948. The predicted octanol–water partition coefficient (Wildman–Crippen LogP) is 3.50. The molecule has 6 heteroatoms. The quantitative estimate of drug-likeness (QED) is 0.825. The Hall–Kier alpha value is -0.740. The van der Waals surface area contributed by atoms with E-state index in [0.717, 1.165) is 11.3 Å². The minimum Gasteiger partial charge on any atom is -0.325 e. The third kappa shape index (κ3) is 2.18. The molecule has 0 atom stereocenters. The molecular formula is C10H8Cl3N3. The fraction of sp³-hybridized carbons (Fsp3) is 0.100. The first-order chi connectivity index (χ1) is 7.61. The lowest BCUT2D eigenvalue weighted by Crippen LogP contribution is -1.95. The average molecular weight is 277 g/mol. The van der Waals surface area contributed by atoms with Gasteiger partial charge < -0.3 is 5.73 Å². The molecule has 0 saturated carbocycles. The van der Waals surface area contributed by atoms with Gasteiger partial charge in [0, 0.05) is 17.8 Å². The number of aromatic nitrogens is 2. The van der Waals surface area contributed by atoms with Gasteiger partial charge in [-0.05, 0) is 18.2 Å². The van der Waals surface area contributed by atoms with Gasteiger partial charge in [0.25, 0.3) is 0 Å². The Balaban J connectivity index is 2.51. The SMILES string of the molecule is NCc1cc(-c2cc(Cl)c(Cl)cc2Cl)n[nH]1. The highest BCUT2D eigenvalue weighted by atomic mass is 35.5. The molecule has 2 rings (SSSR count). The summed E-state index contributed by atoms with van der Waals surface area (Å²) in [5.41, 5.74) is 7.74.